The number of hydrogen-bond donors (Lipinski definition) is 2. The summed E-state index contributed by atoms with van der Waals surface area (Å²) in [5.41, 5.74) is 0.809. The molecule has 29 heavy (non-hydrogen) atoms. The fraction of sp³-hybridized carbons (Fsp3) is 0.316. The molecular formula is C19H23Cl2IN6O. The minimum Gasteiger partial charge on any atom is -0.492 e. The van der Waals surface area contributed by atoms with Crippen LogP contribution < -0.4 is 15.4 Å². The molecule has 0 saturated carbocycles. The molecule has 1 aromatic carbocycles. The minimum atomic E-state index is 0. The predicted molar refractivity (Wildman–Crippen MR) is 128 cm³/mol. The van der Waals surface area contributed by atoms with Gasteiger partial charge < -0.3 is 15.4 Å². The highest BCUT2D eigenvalue weighted by atomic mass is 127. The molecule has 10 heteroatoms. The second kappa shape index (κ2) is 12.0. The molecule has 0 aliphatic rings. The van der Waals surface area contributed by atoms with Crippen LogP contribution in [-0.4, -0.2) is 40.3 Å². The highest BCUT2D eigenvalue weighted by molar-refractivity contribution is 14.0. The molecule has 0 fully saturated rings. The van der Waals surface area contributed by atoms with Gasteiger partial charge in [0.1, 0.15) is 12.3 Å². The van der Waals surface area contributed by atoms with Crippen LogP contribution in [0.25, 0.3) is 5.65 Å². The molecular weight excluding hydrogens is 526 g/mol. The van der Waals surface area contributed by atoms with Crippen molar-refractivity contribution in [3.63, 3.8) is 0 Å². The van der Waals surface area contributed by atoms with Gasteiger partial charge in [-0.3, -0.25) is 4.40 Å². The predicted octanol–water partition coefficient (Wildman–Crippen LogP) is 4.18. The van der Waals surface area contributed by atoms with Crippen molar-refractivity contribution in [2.45, 2.75) is 19.9 Å². The number of nitrogens with one attached hydrogen (secondary N) is 2. The number of hydrogen-bond acceptors (Lipinski definition) is 4. The number of ether oxygens (including phenoxy) is 1. The molecule has 0 saturated heterocycles. The van der Waals surface area contributed by atoms with Crippen LogP contribution in [0.3, 0.4) is 0 Å². The Labute approximate surface area is 196 Å². The summed E-state index contributed by atoms with van der Waals surface area (Å²) in [7, 11) is 0. The lowest BCUT2D eigenvalue weighted by molar-refractivity contribution is 0.311. The van der Waals surface area contributed by atoms with E-state index < -0.39 is 0 Å². The molecule has 2 heterocycles. The van der Waals surface area contributed by atoms with Crippen LogP contribution in [0, 0.1) is 0 Å². The van der Waals surface area contributed by atoms with Crippen molar-refractivity contribution in [3.8, 4) is 5.75 Å². The third kappa shape index (κ3) is 6.90. The molecule has 0 aliphatic heterocycles. The van der Waals surface area contributed by atoms with Crippen LogP contribution in [0.1, 0.15) is 19.2 Å². The van der Waals surface area contributed by atoms with Crippen LogP contribution in [-0.2, 0) is 6.54 Å². The number of benzene rings is 1. The van der Waals surface area contributed by atoms with Crippen LogP contribution in [0.4, 0.5) is 0 Å². The normalized spacial score (nSPS) is 11.2. The van der Waals surface area contributed by atoms with Crippen LogP contribution >= 0.6 is 47.2 Å². The highest BCUT2D eigenvalue weighted by Gasteiger charge is 2.05. The number of rotatable bonds is 8. The summed E-state index contributed by atoms with van der Waals surface area (Å²) in [5, 5.41) is 15.9. The van der Waals surface area contributed by atoms with E-state index in [9.17, 15) is 0 Å². The van der Waals surface area contributed by atoms with Crippen LogP contribution in [0.15, 0.2) is 47.6 Å². The minimum absolute atomic E-state index is 0. The lowest BCUT2D eigenvalue weighted by Crippen LogP contribution is -2.38. The Morgan fingerprint density at radius 2 is 2.03 bits per heavy atom. The number of pyridine rings is 1. The first-order chi connectivity index (χ1) is 13.7. The first-order valence-corrected chi connectivity index (χ1v) is 9.81. The summed E-state index contributed by atoms with van der Waals surface area (Å²) in [4.78, 5) is 4.58. The topological polar surface area (TPSA) is 75.8 Å². The van der Waals surface area contributed by atoms with Gasteiger partial charge in [-0.2, -0.15) is 0 Å². The van der Waals surface area contributed by atoms with Gasteiger partial charge in [0.2, 0.25) is 0 Å². The molecule has 0 spiro atoms. The average molecular weight is 549 g/mol. The summed E-state index contributed by atoms with van der Waals surface area (Å²) in [5.74, 6) is 2.14. The van der Waals surface area contributed by atoms with Crippen molar-refractivity contribution in [2.75, 3.05) is 19.7 Å². The van der Waals surface area contributed by atoms with E-state index in [1.165, 1.54) is 0 Å². The van der Waals surface area contributed by atoms with Crippen molar-refractivity contribution in [3.05, 3.63) is 58.5 Å². The summed E-state index contributed by atoms with van der Waals surface area (Å²) < 4.78 is 7.62. The van der Waals surface area contributed by atoms with Gasteiger partial charge in [0.05, 0.1) is 11.6 Å². The van der Waals surface area contributed by atoms with E-state index in [1.807, 2.05) is 35.7 Å². The second-order valence-corrected chi connectivity index (χ2v) is 6.79. The maximum atomic E-state index is 6.10. The summed E-state index contributed by atoms with van der Waals surface area (Å²) in [6.45, 7) is 4.45. The zero-order valence-electron chi connectivity index (χ0n) is 15.9. The van der Waals surface area contributed by atoms with E-state index in [0.717, 1.165) is 30.4 Å². The summed E-state index contributed by atoms with van der Waals surface area (Å²) in [6, 6.07) is 11.0. The second-order valence-electron chi connectivity index (χ2n) is 5.94. The van der Waals surface area contributed by atoms with Gasteiger partial charge in [0, 0.05) is 24.3 Å². The zero-order valence-corrected chi connectivity index (χ0v) is 19.8. The van der Waals surface area contributed by atoms with Crippen molar-refractivity contribution in [1.82, 2.24) is 25.2 Å². The van der Waals surface area contributed by atoms with Gasteiger partial charge in [-0.1, -0.05) is 29.3 Å². The summed E-state index contributed by atoms with van der Waals surface area (Å²) in [6.07, 6.45) is 2.72. The van der Waals surface area contributed by atoms with E-state index in [-0.39, 0.29) is 24.0 Å². The average Bonchev–Trinajstić information content (AvgIpc) is 3.10. The molecule has 0 aliphatic carbocycles. The first kappa shape index (κ1) is 23.5. The van der Waals surface area contributed by atoms with Gasteiger partial charge >= 0.3 is 0 Å². The number of guanidine groups is 1. The highest BCUT2D eigenvalue weighted by Crippen LogP contribution is 2.27. The maximum Gasteiger partial charge on any atom is 0.191 e. The molecule has 0 atom stereocenters. The van der Waals surface area contributed by atoms with Gasteiger partial charge in [0.15, 0.2) is 17.4 Å². The number of fused-ring (bicyclic) bond motifs is 1. The number of aromatic nitrogens is 3. The quantitative estimate of drug-likeness (QED) is 0.191. The Hall–Kier alpha value is -1.78. The lowest BCUT2D eigenvalue weighted by atomic mass is 10.3. The summed E-state index contributed by atoms with van der Waals surface area (Å²) >= 11 is 12.0. The Morgan fingerprint density at radius 1 is 1.17 bits per heavy atom. The van der Waals surface area contributed by atoms with E-state index in [4.69, 9.17) is 27.9 Å². The van der Waals surface area contributed by atoms with Gasteiger partial charge in [-0.15, -0.1) is 34.2 Å². The monoisotopic (exact) mass is 548 g/mol. The Kier molecular flexibility index (Phi) is 9.75. The van der Waals surface area contributed by atoms with E-state index in [0.29, 0.717) is 35.5 Å². The lowest BCUT2D eigenvalue weighted by Gasteiger charge is -2.12. The van der Waals surface area contributed by atoms with Crippen LogP contribution in [0.2, 0.25) is 10.0 Å². The molecule has 0 unspecified atom stereocenters. The molecule has 0 bridgehead atoms. The Morgan fingerprint density at radius 3 is 2.83 bits per heavy atom. The molecule has 2 aromatic heterocycles. The van der Waals surface area contributed by atoms with E-state index in [2.05, 4.69) is 25.8 Å². The Balaban J connectivity index is 0.00000300. The van der Waals surface area contributed by atoms with Gasteiger partial charge in [-0.25, -0.2) is 4.99 Å². The van der Waals surface area contributed by atoms with Crippen molar-refractivity contribution in [1.29, 1.82) is 0 Å². The van der Waals surface area contributed by atoms with E-state index in [1.54, 1.807) is 18.2 Å². The molecule has 0 amide bonds. The van der Waals surface area contributed by atoms with Crippen LogP contribution in [0.5, 0.6) is 5.75 Å². The van der Waals surface area contributed by atoms with Crippen molar-refractivity contribution >= 4 is 58.8 Å². The fourth-order valence-electron chi connectivity index (χ4n) is 2.54. The zero-order chi connectivity index (χ0) is 19.8. The largest absolute Gasteiger partial charge is 0.492 e. The maximum absolute atomic E-state index is 6.10. The molecule has 156 valence electrons. The third-order valence-electron chi connectivity index (χ3n) is 3.87. The third-order valence-corrected chi connectivity index (χ3v) is 4.40. The smallest absolute Gasteiger partial charge is 0.191 e. The molecule has 7 nitrogen and oxygen atoms in total. The molecule has 2 N–H and O–H groups in total. The standard InChI is InChI=1S/C19H22Cl2N6O.HI/c1-2-22-19(24-13-18-26-25-17-6-3-4-10-27(17)18)23-9-5-11-28-16-8-7-14(20)12-15(16)21;/h3-4,6-8,10,12H,2,5,9,11,13H2,1H3,(H2,22,23,24);1H. The molecule has 3 aromatic rings. The number of halogens is 3. The molecule has 3 rings (SSSR count). The fourth-order valence-corrected chi connectivity index (χ4v) is 3.01. The van der Waals surface area contributed by atoms with E-state index >= 15 is 0 Å². The first-order valence-electron chi connectivity index (χ1n) is 9.06. The molecule has 0 radical (unpaired) electrons. The van der Waals surface area contributed by atoms with Crippen molar-refractivity contribution < 1.29 is 4.74 Å². The Bertz CT molecular complexity index is 949. The van der Waals surface area contributed by atoms with Gasteiger partial charge in [-0.05, 0) is 43.7 Å². The SMILES string of the molecule is CCNC(=NCc1nnc2ccccn12)NCCCOc1ccc(Cl)cc1Cl.I. The van der Waals surface area contributed by atoms with Gasteiger partial charge in [0.25, 0.3) is 0 Å². The van der Waals surface area contributed by atoms with Crippen molar-refractivity contribution in [2.24, 2.45) is 4.99 Å². The number of aliphatic imine (C=N–C) groups is 1. The number of nitrogens with zero attached hydrogens (tertiary/aromatic N) is 4.